The largest absolute Gasteiger partial charge is 0.398 e. The van der Waals surface area contributed by atoms with Crippen molar-refractivity contribution in [2.24, 2.45) is 0 Å². The van der Waals surface area contributed by atoms with Crippen molar-refractivity contribution >= 4 is 39.2 Å². The van der Waals surface area contributed by atoms with Crippen LogP contribution in [0.2, 0.25) is 0 Å². The van der Waals surface area contributed by atoms with Crippen molar-refractivity contribution in [2.45, 2.75) is 22.9 Å². The van der Waals surface area contributed by atoms with Gasteiger partial charge in [-0.2, -0.15) is 17.5 Å². The van der Waals surface area contributed by atoms with E-state index in [2.05, 4.69) is 5.32 Å². The van der Waals surface area contributed by atoms with Crippen molar-refractivity contribution < 1.29 is 31.2 Å². The van der Waals surface area contributed by atoms with E-state index >= 15 is 0 Å². The van der Waals surface area contributed by atoms with Crippen LogP contribution >= 0.6 is 11.8 Å². The molecule has 0 heterocycles. The van der Waals surface area contributed by atoms with E-state index < -0.39 is 34.4 Å². The minimum atomic E-state index is -4.37. The van der Waals surface area contributed by atoms with Crippen LogP contribution in [-0.2, 0) is 14.8 Å². The zero-order valence-corrected chi connectivity index (χ0v) is 17.7. The zero-order chi connectivity index (χ0) is 22.5. The number of rotatable bonds is 8. The number of ketones is 1. The second kappa shape index (κ2) is 9.63. The number of benzene rings is 2. The fraction of sp³-hybridized carbons (Fsp3) is 0.263. The first-order valence-electron chi connectivity index (χ1n) is 8.56. The highest BCUT2D eigenvalue weighted by molar-refractivity contribution is 7.99. The van der Waals surface area contributed by atoms with Gasteiger partial charge in [0.05, 0.1) is 22.9 Å². The lowest BCUT2D eigenvalue weighted by Crippen LogP contribution is -2.35. The van der Waals surface area contributed by atoms with Crippen molar-refractivity contribution in [3.05, 3.63) is 54.1 Å². The van der Waals surface area contributed by atoms with Crippen molar-refractivity contribution in [1.29, 1.82) is 0 Å². The van der Waals surface area contributed by atoms with Gasteiger partial charge in [0.1, 0.15) is 0 Å². The van der Waals surface area contributed by atoms with Crippen LogP contribution in [0.1, 0.15) is 17.3 Å². The lowest BCUT2D eigenvalue weighted by molar-refractivity contribution is -0.116. The maximum Gasteiger partial charge on any atom is 0.398 e. The fourth-order valence-corrected chi connectivity index (χ4v) is 4.27. The molecule has 2 aromatic rings. The molecule has 1 N–H and O–H groups in total. The molecule has 0 aromatic heterocycles. The number of nitrogens with zero attached hydrogens (tertiary/aromatic N) is 1. The molecule has 0 radical (unpaired) electrons. The number of thioether (sulfide) groups is 1. The highest BCUT2D eigenvalue weighted by Gasteiger charge is 2.28. The summed E-state index contributed by atoms with van der Waals surface area (Å²) in [6.45, 7) is 0.805. The topological polar surface area (TPSA) is 83.6 Å². The van der Waals surface area contributed by atoms with Gasteiger partial charge in [0.2, 0.25) is 15.9 Å². The first-order valence-corrected chi connectivity index (χ1v) is 11.0. The summed E-state index contributed by atoms with van der Waals surface area (Å²) in [5.41, 5.74) is 0.510. The number of sulfonamides is 1. The lowest BCUT2D eigenvalue weighted by Gasteiger charge is -2.18. The van der Waals surface area contributed by atoms with Crippen LogP contribution in [0, 0.1) is 0 Å². The number of carbonyl (C=O) groups excluding carboxylic acids is 2. The molecule has 30 heavy (non-hydrogen) atoms. The van der Waals surface area contributed by atoms with Gasteiger partial charge >= 0.3 is 6.18 Å². The molecule has 2 aromatic carbocycles. The van der Waals surface area contributed by atoms with Crippen LogP contribution in [0.5, 0.6) is 0 Å². The minimum absolute atomic E-state index is 0.0936. The van der Waals surface area contributed by atoms with Gasteiger partial charge in [0.15, 0.2) is 5.78 Å². The molecular weight excluding hydrogens is 441 g/mol. The highest BCUT2D eigenvalue weighted by Crippen LogP contribution is 2.32. The number of carbonyl (C=O) groups is 2. The van der Waals surface area contributed by atoms with Crippen molar-refractivity contribution in [3.63, 3.8) is 0 Å². The van der Waals surface area contributed by atoms with Crippen LogP contribution in [0.3, 0.4) is 0 Å². The van der Waals surface area contributed by atoms with E-state index in [1.54, 1.807) is 6.07 Å². The molecule has 0 spiro atoms. The van der Waals surface area contributed by atoms with Gasteiger partial charge in [-0.25, -0.2) is 8.42 Å². The number of nitrogens with one attached hydrogen (secondary N) is 1. The predicted octanol–water partition coefficient (Wildman–Crippen LogP) is 3.80. The Morgan fingerprint density at radius 3 is 2.23 bits per heavy atom. The number of likely N-dealkylation sites (N-methyl/N-ethyl adjacent to an activating group) is 1. The van der Waals surface area contributed by atoms with Gasteiger partial charge in [0, 0.05) is 17.5 Å². The average molecular weight is 460 g/mol. The lowest BCUT2D eigenvalue weighted by atomic mass is 10.2. The molecule has 0 saturated heterocycles. The van der Waals surface area contributed by atoms with Gasteiger partial charge in [-0.05, 0) is 31.2 Å². The summed E-state index contributed by atoms with van der Waals surface area (Å²) in [5, 5.41) is 2.45. The molecule has 0 atom stereocenters. The van der Waals surface area contributed by atoms with Crippen molar-refractivity contribution in [1.82, 2.24) is 4.31 Å². The average Bonchev–Trinajstić information content (AvgIpc) is 2.66. The van der Waals surface area contributed by atoms with E-state index in [1.807, 2.05) is 0 Å². The van der Waals surface area contributed by atoms with E-state index in [0.717, 1.165) is 4.31 Å². The van der Waals surface area contributed by atoms with E-state index in [0.29, 0.717) is 17.3 Å². The molecule has 0 aliphatic carbocycles. The van der Waals surface area contributed by atoms with Crippen molar-refractivity contribution in [2.75, 3.05) is 24.7 Å². The normalized spacial score (nSPS) is 12.1. The maximum absolute atomic E-state index is 12.6. The molecule has 0 unspecified atom stereocenters. The molecule has 0 aliphatic rings. The Bertz CT molecular complexity index is 1020. The zero-order valence-electron chi connectivity index (χ0n) is 16.1. The second-order valence-electron chi connectivity index (χ2n) is 6.29. The number of hydrogen-bond donors (Lipinski definition) is 1. The van der Waals surface area contributed by atoms with Crippen molar-refractivity contribution in [3.8, 4) is 0 Å². The fourth-order valence-electron chi connectivity index (χ4n) is 2.37. The number of Topliss-reactive ketones (excluding diaryl/α,β-unsaturated/α-hetero) is 1. The number of anilines is 1. The number of amides is 1. The van der Waals surface area contributed by atoms with Crippen LogP contribution in [0.15, 0.2) is 58.3 Å². The summed E-state index contributed by atoms with van der Waals surface area (Å²) in [7, 11) is -2.79. The summed E-state index contributed by atoms with van der Waals surface area (Å²) in [4.78, 5) is 23.7. The third kappa shape index (κ3) is 6.57. The van der Waals surface area contributed by atoms with Crippen LogP contribution in [0.4, 0.5) is 18.9 Å². The Kier molecular flexibility index (Phi) is 7.67. The smallest absolute Gasteiger partial charge is 0.324 e. The molecule has 1 amide bonds. The second-order valence-corrected chi connectivity index (χ2v) is 9.35. The van der Waals surface area contributed by atoms with Crippen LogP contribution < -0.4 is 5.32 Å². The summed E-state index contributed by atoms with van der Waals surface area (Å²) >= 11 is 0.522. The number of para-hydroxylation sites is 1. The standard InChI is InChI=1S/C19H19F3N2O4S2/c1-13(25)14-7-9-15(10-8-14)30(27,28)24(2)11-18(26)23-16-5-3-4-6-17(16)29-12-19(20,21)22/h3-10H,11-12H2,1-2H3,(H,23,26). The maximum atomic E-state index is 12.6. The highest BCUT2D eigenvalue weighted by atomic mass is 32.2. The molecule has 0 aliphatic heterocycles. The van der Waals surface area contributed by atoms with E-state index in [-0.39, 0.29) is 21.3 Å². The first kappa shape index (κ1) is 23.9. The summed E-state index contributed by atoms with van der Waals surface area (Å²) in [6.07, 6.45) is -4.37. The summed E-state index contributed by atoms with van der Waals surface area (Å²) in [5.74, 6) is -2.04. The Balaban J connectivity index is 2.08. The molecule has 0 fully saturated rings. The van der Waals surface area contributed by atoms with Crippen LogP contribution in [-0.4, -0.2) is 49.9 Å². The third-order valence-corrected chi connectivity index (χ3v) is 6.84. The van der Waals surface area contributed by atoms with Gasteiger partial charge in [-0.3, -0.25) is 9.59 Å². The van der Waals surface area contributed by atoms with E-state index in [9.17, 15) is 31.2 Å². The third-order valence-electron chi connectivity index (χ3n) is 3.89. The Labute approximate surface area is 176 Å². The molecule has 2 rings (SSSR count). The van der Waals surface area contributed by atoms with Gasteiger partial charge in [-0.15, -0.1) is 11.8 Å². The first-order chi connectivity index (χ1) is 13.9. The monoisotopic (exact) mass is 460 g/mol. The Morgan fingerprint density at radius 1 is 1.07 bits per heavy atom. The Hall–Kier alpha value is -2.37. The van der Waals surface area contributed by atoms with E-state index in [1.165, 1.54) is 56.4 Å². The summed E-state index contributed by atoms with van der Waals surface area (Å²) < 4.78 is 63.4. The minimum Gasteiger partial charge on any atom is -0.324 e. The number of halogens is 3. The van der Waals surface area contributed by atoms with Gasteiger partial charge in [-0.1, -0.05) is 24.3 Å². The molecule has 162 valence electrons. The molecule has 0 bridgehead atoms. The molecular formula is C19H19F3N2O4S2. The molecule has 11 heteroatoms. The SMILES string of the molecule is CC(=O)c1ccc(S(=O)(=O)N(C)CC(=O)Nc2ccccc2SCC(F)(F)F)cc1. The van der Waals surface area contributed by atoms with Gasteiger partial charge < -0.3 is 5.32 Å². The summed E-state index contributed by atoms with van der Waals surface area (Å²) in [6, 6.07) is 11.2. The molecule has 0 saturated carbocycles. The quantitative estimate of drug-likeness (QED) is 0.479. The van der Waals surface area contributed by atoms with E-state index in [4.69, 9.17) is 0 Å². The number of hydrogen-bond acceptors (Lipinski definition) is 5. The molecule has 6 nitrogen and oxygen atoms in total. The number of alkyl halides is 3. The Morgan fingerprint density at radius 2 is 1.67 bits per heavy atom. The van der Waals surface area contributed by atoms with Gasteiger partial charge in [0.25, 0.3) is 0 Å². The predicted molar refractivity (Wildman–Crippen MR) is 108 cm³/mol. The van der Waals surface area contributed by atoms with Crippen LogP contribution in [0.25, 0.3) is 0 Å².